The monoisotopic (exact) mass is 265 g/mol. The molecular weight excluding hydrogens is 246 g/mol. The molecule has 18 heavy (non-hydrogen) atoms. The SMILES string of the molecule is C=CC(=O)NCC(C)CSc1ccccc1OC. The summed E-state index contributed by atoms with van der Waals surface area (Å²) in [6.07, 6.45) is 1.29. The molecule has 0 spiro atoms. The summed E-state index contributed by atoms with van der Waals surface area (Å²) in [4.78, 5) is 12.2. The van der Waals surface area contributed by atoms with Gasteiger partial charge >= 0.3 is 0 Å². The van der Waals surface area contributed by atoms with E-state index in [9.17, 15) is 4.79 Å². The summed E-state index contributed by atoms with van der Waals surface area (Å²) in [6, 6.07) is 7.94. The number of methoxy groups -OCH3 is 1. The number of para-hydroxylation sites is 1. The smallest absolute Gasteiger partial charge is 0.243 e. The van der Waals surface area contributed by atoms with Crippen LogP contribution in [-0.4, -0.2) is 25.3 Å². The number of carbonyl (C=O) groups is 1. The number of hydrogen-bond donors (Lipinski definition) is 1. The standard InChI is InChI=1S/C14H19NO2S/c1-4-14(16)15-9-11(2)10-18-13-8-6-5-7-12(13)17-3/h4-8,11H,1,9-10H2,2-3H3,(H,15,16). The highest BCUT2D eigenvalue weighted by atomic mass is 32.2. The summed E-state index contributed by atoms with van der Waals surface area (Å²) >= 11 is 1.74. The predicted molar refractivity (Wildman–Crippen MR) is 76.1 cm³/mol. The second kappa shape index (κ2) is 7.82. The van der Waals surface area contributed by atoms with E-state index in [4.69, 9.17) is 4.74 Å². The summed E-state index contributed by atoms with van der Waals surface area (Å²) in [7, 11) is 1.67. The van der Waals surface area contributed by atoms with Gasteiger partial charge in [0.2, 0.25) is 5.91 Å². The van der Waals surface area contributed by atoms with Crippen molar-refractivity contribution in [3.05, 3.63) is 36.9 Å². The van der Waals surface area contributed by atoms with Crippen LogP contribution in [0, 0.1) is 5.92 Å². The Hall–Kier alpha value is -1.42. The summed E-state index contributed by atoms with van der Waals surface area (Å²) in [6.45, 7) is 6.18. The fourth-order valence-electron chi connectivity index (χ4n) is 1.38. The summed E-state index contributed by atoms with van der Waals surface area (Å²) < 4.78 is 5.29. The van der Waals surface area contributed by atoms with E-state index >= 15 is 0 Å². The predicted octanol–water partition coefficient (Wildman–Crippen LogP) is 2.73. The molecule has 0 saturated heterocycles. The number of amides is 1. The molecule has 0 bridgehead atoms. The van der Waals surface area contributed by atoms with Gasteiger partial charge in [-0.15, -0.1) is 11.8 Å². The zero-order valence-electron chi connectivity index (χ0n) is 10.8. The second-order valence-electron chi connectivity index (χ2n) is 4.02. The zero-order valence-corrected chi connectivity index (χ0v) is 11.6. The number of thioether (sulfide) groups is 1. The molecule has 1 aromatic carbocycles. The lowest BCUT2D eigenvalue weighted by Crippen LogP contribution is -2.27. The third-order valence-corrected chi connectivity index (χ3v) is 3.79. The van der Waals surface area contributed by atoms with Gasteiger partial charge in [0.1, 0.15) is 5.75 Å². The van der Waals surface area contributed by atoms with E-state index in [1.54, 1.807) is 18.9 Å². The molecule has 0 radical (unpaired) electrons. The van der Waals surface area contributed by atoms with Crippen LogP contribution in [0.4, 0.5) is 0 Å². The number of ether oxygens (including phenoxy) is 1. The van der Waals surface area contributed by atoms with Crippen molar-refractivity contribution in [3.63, 3.8) is 0 Å². The zero-order chi connectivity index (χ0) is 13.4. The molecule has 0 heterocycles. The Kier molecular flexibility index (Phi) is 6.36. The topological polar surface area (TPSA) is 38.3 Å². The van der Waals surface area contributed by atoms with E-state index < -0.39 is 0 Å². The van der Waals surface area contributed by atoms with Crippen LogP contribution in [0.2, 0.25) is 0 Å². The summed E-state index contributed by atoms with van der Waals surface area (Å²) in [5, 5.41) is 2.80. The molecule has 1 rings (SSSR count). The van der Waals surface area contributed by atoms with Crippen LogP contribution < -0.4 is 10.1 Å². The van der Waals surface area contributed by atoms with Crippen LogP contribution in [0.15, 0.2) is 41.8 Å². The minimum absolute atomic E-state index is 0.121. The minimum atomic E-state index is -0.121. The van der Waals surface area contributed by atoms with Gasteiger partial charge in [-0.25, -0.2) is 0 Å². The molecule has 1 aromatic rings. The quantitative estimate of drug-likeness (QED) is 0.608. The molecule has 1 N–H and O–H groups in total. The van der Waals surface area contributed by atoms with Crippen molar-refractivity contribution in [1.82, 2.24) is 5.32 Å². The van der Waals surface area contributed by atoms with Crippen molar-refractivity contribution < 1.29 is 9.53 Å². The van der Waals surface area contributed by atoms with Crippen LogP contribution in [0.5, 0.6) is 5.75 Å². The van der Waals surface area contributed by atoms with Crippen molar-refractivity contribution in [2.75, 3.05) is 19.4 Å². The van der Waals surface area contributed by atoms with Crippen molar-refractivity contribution in [2.45, 2.75) is 11.8 Å². The molecule has 0 saturated carbocycles. The third kappa shape index (κ3) is 4.84. The van der Waals surface area contributed by atoms with Crippen LogP contribution in [-0.2, 0) is 4.79 Å². The van der Waals surface area contributed by atoms with Gasteiger partial charge in [-0.3, -0.25) is 4.79 Å². The van der Waals surface area contributed by atoms with Crippen molar-refractivity contribution in [2.24, 2.45) is 5.92 Å². The van der Waals surface area contributed by atoms with Gasteiger partial charge in [0.25, 0.3) is 0 Å². The van der Waals surface area contributed by atoms with Gasteiger partial charge in [-0.2, -0.15) is 0 Å². The molecule has 3 nitrogen and oxygen atoms in total. The lowest BCUT2D eigenvalue weighted by atomic mass is 10.2. The highest BCUT2D eigenvalue weighted by molar-refractivity contribution is 7.99. The average Bonchev–Trinajstić information content (AvgIpc) is 2.42. The van der Waals surface area contributed by atoms with Crippen LogP contribution >= 0.6 is 11.8 Å². The van der Waals surface area contributed by atoms with Crippen molar-refractivity contribution in [1.29, 1.82) is 0 Å². The number of benzene rings is 1. The van der Waals surface area contributed by atoms with E-state index in [1.807, 2.05) is 24.3 Å². The molecule has 4 heteroatoms. The van der Waals surface area contributed by atoms with E-state index in [-0.39, 0.29) is 5.91 Å². The lowest BCUT2D eigenvalue weighted by Gasteiger charge is -2.13. The largest absolute Gasteiger partial charge is 0.496 e. The molecule has 1 atom stereocenters. The van der Waals surface area contributed by atoms with Gasteiger partial charge in [0, 0.05) is 17.2 Å². The summed E-state index contributed by atoms with van der Waals surface area (Å²) in [5.74, 6) is 2.09. The number of rotatable bonds is 7. The fraction of sp³-hybridized carbons (Fsp3) is 0.357. The molecule has 1 amide bonds. The minimum Gasteiger partial charge on any atom is -0.496 e. The van der Waals surface area contributed by atoms with Crippen LogP contribution in [0.1, 0.15) is 6.92 Å². The van der Waals surface area contributed by atoms with E-state index in [0.717, 1.165) is 16.4 Å². The maximum Gasteiger partial charge on any atom is 0.243 e. The lowest BCUT2D eigenvalue weighted by molar-refractivity contribution is -0.116. The Labute approximate surface area is 113 Å². The first-order valence-corrected chi connectivity index (χ1v) is 6.82. The van der Waals surface area contributed by atoms with E-state index in [0.29, 0.717) is 12.5 Å². The van der Waals surface area contributed by atoms with Gasteiger partial charge in [-0.05, 0) is 24.1 Å². The molecule has 1 unspecified atom stereocenters. The average molecular weight is 265 g/mol. The first-order chi connectivity index (χ1) is 8.67. The second-order valence-corrected chi connectivity index (χ2v) is 5.08. The Morgan fingerprint density at radius 1 is 1.56 bits per heavy atom. The third-order valence-electron chi connectivity index (χ3n) is 2.40. The van der Waals surface area contributed by atoms with E-state index in [1.165, 1.54) is 6.08 Å². The van der Waals surface area contributed by atoms with Gasteiger partial charge < -0.3 is 10.1 Å². The van der Waals surface area contributed by atoms with Gasteiger partial charge in [0.15, 0.2) is 0 Å². The molecule has 0 aliphatic rings. The molecule has 0 fully saturated rings. The van der Waals surface area contributed by atoms with Crippen molar-refractivity contribution >= 4 is 17.7 Å². The highest BCUT2D eigenvalue weighted by Crippen LogP contribution is 2.29. The fourth-order valence-corrected chi connectivity index (χ4v) is 2.43. The first-order valence-electron chi connectivity index (χ1n) is 5.83. The number of nitrogens with one attached hydrogen (secondary N) is 1. The maximum absolute atomic E-state index is 11.0. The molecule has 0 aliphatic heterocycles. The van der Waals surface area contributed by atoms with Crippen LogP contribution in [0.25, 0.3) is 0 Å². The van der Waals surface area contributed by atoms with Gasteiger partial charge in [-0.1, -0.05) is 25.6 Å². The Balaban J connectivity index is 2.40. The molecule has 0 aliphatic carbocycles. The Morgan fingerprint density at radius 2 is 2.28 bits per heavy atom. The highest BCUT2D eigenvalue weighted by Gasteiger charge is 2.07. The van der Waals surface area contributed by atoms with Crippen LogP contribution in [0.3, 0.4) is 0 Å². The summed E-state index contributed by atoms with van der Waals surface area (Å²) in [5.41, 5.74) is 0. The molecule has 98 valence electrons. The van der Waals surface area contributed by atoms with Crippen molar-refractivity contribution in [3.8, 4) is 5.75 Å². The Bertz CT molecular complexity index is 407. The molecular formula is C14H19NO2S. The molecule has 0 aromatic heterocycles. The maximum atomic E-state index is 11.0. The Morgan fingerprint density at radius 3 is 2.94 bits per heavy atom. The number of carbonyl (C=O) groups excluding carboxylic acids is 1. The first kappa shape index (κ1) is 14.6. The number of hydrogen-bond acceptors (Lipinski definition) is 3. The van der Waals surface area contributed by atoms with Gasteiger partial charge in [0.05, 0.1) is 7.11 Å². The normalized spacial score (nSPS) is 11.7. The van der Waals surface area contributed by atoms with E-state index in [2.05, 4.69) is 18.8 Å².